The van der Waals surface area contributed by atoms with Crippen LogP contribution in [0.4, 0.5) is 9.18 Å². The second kappa shape index (κ2) is 12.4. The van der Waals surface area contributed by atoms with Crippen LogP contribution in [0, 0.1) is 29.0 Å². The number of aromatic nitrogens is 2. The summed E-state index contributed by atoms with van der Waals surface area (Å²) >= 11 is 0. The summed E-state index contributed by atoms with van der Waals surface area (Å²) in [6.45, 7) is 3.16. The van der Waals surface area contributed by atoms with Crippen molar-refractivity contribution in [3.05, 3.63) is 71.8 Å². The molecule has 2 N–H and O–H groups in total. The first-order valence-corrected chi connectivity index (χ1v) is 13.9. The lowest BCUT2D eigenvalue weighted by Gasteiger charge is -2.39. The second-order valence-electron chi connectivity index (χ2n) is 10.9. The van der Waals surface area contributed by atoms with Crippen molar-refractivity contribution in [1.82, 2.24) is 25.3 Å². The van der Waals surface area contributed by atoms with Gasteiger partial charge in [-0.25, -0.2) is 13.9 Å². The average molecular weight is 517 g/mol. The number of benzene rings is 1. The van der Waals surface area contributed by atoms with Gasteiger partial charge >= 0.3 is 6.03 Å². The Balaban J connectivity index is 1.13. The molecule has 4 atom stereocenters. The molecule has 5 rings (SSSR count). The highest BCUT2D eigenvalue weighted by Gasteiger charge is 2.30. The lowest BCUT2D eigenvalue weighted by atomic mass is 9.83. The summed E-state index contributed by atoms with van der Waals surface area (Å²) in [5.41, 5.74) is 2.47. The third-order valence-electron chi connectivity index (χ3n) is 8.16. The molecule has 3 aliphatic rings. The SMILES string of the molecule is N#CC1=CC(NC(=O)N[C@@H]2CCCC[C@H]2CN2CCC[C@@H](Cc3ccc(F)cc3)C2)CC=C1n1cccn1. The van der Waals surface area contributed by atoms with E-state index < -0.39 is 0 Å². The zero-order valence-electron chi connectivity index (χ0n) is 21.9. The van der Waals surface area contributed by atoms with Crippen LogP contribution in [0.15, 0.2) is 60.5 Å². The lowest BCUT2D eigenvalue weighted by molar-refractivity contribution is 0.122. The number of urea groups is 1. The molecule has 0 radical (unpaired) electrons. The minimum Gasteiger partial charge on any atom is -0.335 e. The van der Waals surface area contributed by atoms with E-state index in [1.807, 2.05) is 36.5 Å². The molecule has 1 aliphatic heterocycles. The number of likely N-dealkylation sites (tertiary alicyclic amines) is 1. The van der Waals surface area contributed by atoms with Crippen LogP contribution in [0.25, 0.3) is 5.70 Å². The Morgan fingerprint density at radius 3 is 2.76 bits per heavy atom. The van der Waals surface area contributed by atoms with E-state index in [9.17, 15) is 14.4 Å². The fourth-order valence-electron chi connectivity index (χ4n) is 6.29. The Labute approximate surface area is 224 Å². The van der Waals surface area contributed by atoms with E-state index in [0.717, 1.165) is 51.0 Å². The number of piperidine rings is 1. The third-order valence-corrected chi connectivity index (χ3v) is 8.16. The summed E-state index contributed by atoms with van der Waals surface area (Å²) in [7, 11) is 0. The number of amides is 2. The van der Waals surface area contributed by atoms with E-state index in [0.29, 0.717) is 23.8 Å². The Morgan fingerprint density at radius 1 is 1.13 bits per heavy atom. The number of carbonyl (C=O) groups excluding carboxylic acids is 1. The van der Waals surface area contributed by atoms with E-state index in [4.69, 9.17) is 0 Å². The molecule has 1 unspecified atom stereocenters. The van der Waals surface area contributed by atoms with Gasteiger partial charge in [0.1, 0.15) is 11.9 Å². The van der Waals surface area contributed by atoms with Crippen LogP contribution in [-0.2, 0) is 6.42 Å². The van der Waals surface area contributed by atoms with Gasteiger partial charge in [0.15, 0.2) is 0 Å². The van der Waals surface area contributed by atoms with Gasteiger partial charge in [-0.2, -0.15) is 10.4 Å². The van der Waals surface area contributed by atoms with Crippen LogP contribution in [-0.4, -0.2) is 52.4 Å². The number of carbonyl (C=O) groups is 1. The number of nitrogens with zero attached hydrogens (tertiary/aromatic N) is 4. The number of hydrogen-bond acceptors (Lipinski definition) is 4. The van der Waals surface area contributed by atoms with Crippen molar-refractivity contribution in [3.63, 3.8) is 0 Å². The van der Waals surface area contributed by atoms with Crippen LogP contribution in [0.1, 0.15) is 50.5 Å². The maximum Gasteiger partial charge on any atom is 0.315 e. The monoisotopic (exact) mass is 516 g/mol. The summed E-state index contributed by atoms with van der Waals surface area (Å²) < 4.78 is 15.0. The van der Waals surface area contributed by atoms with Crippen molar-refractivity contribution in [3.8, 4) is 6.07 Å². The number of rotatable bonds is 7. The van der Waals surface area contributed by atoms with Gasteiger partial charge in [0.2, 0.25) is 0 Å². The average Bonchev–Trinajstić information content (AvgIpc) is 3.46. The Bertz CT molecular complexity index is 1180. The van der Waals surface area contributed by atoms with Crippen molar-refractivity contribution < 1.29 is 9.18 Å². The number of nitrogens with one attached hydrogen (secondary N) is 2. The molecule has 1 aromatic heterocycles. The highest BCUT2D eigenvalue weighted by Crippen LogP contribution is 2.28. The van der Waals surface area contributed by atoms with Gasteiger partial charge in [-0.3, -0.25) is 0 Å². The fraction of sp³-hybridized carbons (Fsp3) is 0.500. The first kappa shape index (κ1) is 26.2. The summed E-state index contributed by atoms with van der Waals surface area (Å²) in [5.74, 6) is 0.834. The predicted octanol–water partition coefficient (Wildman–Crippen LogP) is 4.90. The predicted molar refractivity (Wildman–Crippen MR) is 145 cm³/mol. The highest BCUT2D eigenvalue weighted by molar-refractivity contribution is 5.76. The molecule has 38 heavy (non-hydrogen) atoms. The van der Waals surface area contributed by atoms with Gasteiger partial charge < -0.3 is 15.5 Å². The summed E-state index contributed by atoms with van der Waals surface area (Å²) in [5, 5.41) is 20.2. The van der Waals surface area contributed by atoms with Gasteiger partial charge in [0.25, 0.3) is 0 Å². The number of hydrogen-bond donors (Lipinski definition) is 2. The molecular formula is C30H37FN6O. The molecule has 1 saturated carbocycles. The highest BCUT2D eigenvalue weighted by atomic mass is 19.1. The molecule has 1 aromatic carbocycles. The van der Waals surface area contributed by atoms with Crippen LogP contribution >= 0.6 is 0 Å². The maximum absolute atomic E-state index is 13.3. The summed E-state index contributed by atoms with van der Waals surface area (Å²) in [6.07, 6.45) is 15.7. The molecule has 2 aliphatic carbocycles. The van der Waals surface area contributed by atoms with Crippen LogP contribution in [0.3, 0.4) is 0 Å². The minimum atomic E-state index is -0.222. The fourth-order valence-corrected chi connectivity index (χ4v) is 6.29. The first-order chi connectivity index (χ1) is 18.6. The quantitative estimate of drug-likeness (QED) is 0.548. The zero-order valence-corrected chi connectivity index (χ0v) is 21.9. The molecule has 0 bridgehead atoms. The van der Waals surface area contributed by atoms with Gasteiger partial charge in [0.05, 0.1) is 17.3 Å². The maximum atomic E-state index is 13.3. The van der Waals surface area contributed by atoms with Crippen molar-refractivity contribution in [2.75, 3.05) is 19.6 Å². The third kappa shape index (κ3) is 6.70. The minimum absolute atomic E-state index is 0.152. The Morgan fingerprint density at radius 2 is 1.97 bits per heavy atom. The molecule has 8 heteroatoms. The smallest absolute Gasteiger partial charge is 0.315 e. The van der Waals surface area contributed by atoms with Crippen molar-refractivity contribution in [2.45, 2.75) is 63.5 Å². The van der Waals surface area contributed by atoms with Crippen molar-refractivity contribution in [2.24, 2.45) is 11.8 Å². The molecule has 200 valence electrons. The van der Waals surface area contributed by atoms with Gasteiger partial charge in [-0.1, -0.05) is 31.1 Å². The van der Waals surface area contributed by atoms with E-state index in [1.54, 1.807) is 23.0 Å². The number of allylic oxidation sites excluding steroid dienone is 2. The molecule has 2 fully saturated rings. The zero-order chi connectivity index (χ0) is 26.3. The van der Waals surface area contributed by atoms with E-state index in [-0.39, 0.29) is 23.9 Å². The lowest BCUT2D eigenvalue weighted by Crippen LogP contribution is -2.52. The van der Waals surface area contributed by atoms with E-state index >= 15 is 0 Å². The molecule has 2 aromatic rings. The van der Waals surface area contributed by atoms with Gasteiger partial charge in [-0.15, -0.1) is 0 Å². The largest absolute Gasteiger partial charge is 0.335 e. The molecule has 2 heterocycles. The van der Waals surface area contributed by atoms with Crippen LogP contribution < -0.4 is 10.6 Å². The Kier molecular flexibility index (Phi) is 8.54. The van der Waals surface area contributed by atoms with E-state index in [1.165, 1.54) is 24.8 Å². The normalized spacial score (nSPS) is 26.1. The molecule has 7 nitrogen and oxygen atoms in total. The summed E-state index contributed by atoms with van der Waals surface area (Å²) in [4.78, 5) is 15.6. The van der Waals surface area contributed by atoms with Crippen LogP contribution in [0.5, 0.6) is 0 Å². The molecule has 1 saturated heterocycles. The van der Waals surface area contributed by atoms with E-state index in [2.05, 4.69) is 26.7 Å². The number of nitriles is 1. The van der Waals surface area contributed by atoms with Crippen molar-refractivity contribution in [1.29, 1.82) is 5.26 Å². The van der Waals surface area contributed by atoms with Gasteiger partial charge in [-0.05, 0) is 86.7 Å². The Hall–Kier alpha value is -3.44. The standard InChI is InChI=1S/C30H37FN6O/c31-26-10-8-22(9-11-26)17-23-5-3-15-36(20-23)21-24-6-1-2-7-28(24)35-30(38)34-27-12-13-29(25(18-27)19-32)37-16-4-14-33-37/h4,8-11,13-14,16,18,23-24,27-28H,1-3,5-7,12,15,17,20-21H2,(H2,34,35,38)/t23-,24-,27?,28+/m0/s1. The van der Waals surface area contributed by atoms with Crippen molar-refractivity contribution >= 4 is 11.7 Å². The topological polar surface area (TPSA) is 86.0 Å². The second-order valence-corrected chi connectivity index (χ2v) is 10.9. The first-order valence-electron chi connectivity index (χ1n) is 13.9. The van der Waals surface area contributed by atoms with Gasteiger partial charge in [0, 0.05) is 31.5 Å². The molecule has 0 spiro atoms. The summed E-state index contributed by atoms with van der Waals surface area (Å²) in [6, 6.07) is 10.7. The molecule has 2 amide bonds. The number of halogens is 1. The van der Waals surface area contributed by atoms with Crippen LogP contribution in [0.2, 0.25) is 0 Å². The molecular weight excluding hydrogens is 479 g/mol.